The van der Waals surface area contributed by atoms with Crippen LogP contribution in [0.2, 0.25) is 0 Å². The second-order valence-corrected chi connectivity index (χ2v) is 9.78. The van der Waals surface area contributed by atoms with Gasteiger partial charge in [-0.15, -0.1) is 0 Å². The molecule has 1 atom stereocenters. The topological polar surface area (TPSA) is 26.3 Å². The van der Waals surface area contributed by atoms with Crippen molar-refractivity contribution >= 4 is 5.97 Å². The van der Waals surface area contributed by atoms with Gasteiger partial charge in [0, 0.05) is 5.57 Å². The molecule has 0 saturated heterocycles. The number of ether oxygens (including phenoxy) is 1. The fourth-order valence-electron chi connectivity index (χ4n) is 3.60. The predicted octanol–water partition coefficient (Wildman–Crippen LogP) is 8.78. The average Bonchev–Trinajstić information content (AvgIpc) is 2.62. The Kier molecular flexibility index (Phi) is 16.6. The summed E-state index contributed by atoms with van der Waals surface area (Å²) in [5.41, 5.74) is 0.479. The molecular formula is C26H50O2. The summed E-state index contributed by atoms with van der Waals surface area (Å²) in [6.07, 6.45) is 21.6. The largest absolute Gasteiger partial charge is 0.458 e. The van der Waals surface area contributed by atoms with Crippen molar-refractivity contribution < 1.29 is 9.53 Å². The third-order valence-corrected chi connectivity index (χ3v) is 5.63. The second kappa shape index (κ2) is 17.1. The van der Waals surface area contributed by atoms with Crippen LogP contribution in [0.4, 0.5) is 0 Å². The smallest absolute Gasteiger partial charge is 0.333 e. The molecular weight excluding hydrogens is 344 g/mol. The maximum absolute atomic E-state index is 11.8. The van der Waals surface area contributed by atoms with Crippen molar-refractivity contribution in [2.75, 3.05) is 0 Å². The van der Waals surface area contributed by atoms with Gasteiger partial charge in [-0.25, -0.2) is 4.79 Å². The standard InChI is InChI=1S/C26H50O2/c1-7-8-9-10-11-12-13-14-15-16-17-18-19-20-21-22-24(26(4,5)6)28-25(27)23(2)3/h24H,2,7-22H2,1,3-6H3. The lowest BCUT2D eigenvalue weighted by molar-refractivity contribution is -0.150. The summed E-state index contributed by atoms with van der Waals surface area (Å²) in [5, 5.41) is 0. The molecule has 1 unspecified atom stereocenters. The fraction of sp³-hybridized carbons (Fsp3) is 0.885. The summed E-state index contributed by atoms with van der Waals surface area (Å²) in [4.78, 5) is 11.8. The lowest BCUT2D eigenvalue weighted by Crippen LogP contribution is -2.31. The molecule has 0 rings (SSSR count). The quantitative estimate of drug-likeness (QED) is 0.132. The third-order valence-electron chi connectivity index (χ3n) is 5.63. The Labute approximate surface area is 176 Å². The summed E-state index contributed by atoms with van der Waals surface area (Å²) < 4.78 is 5.66. The first-order chi connectivity index (χ1) is 13.3. The Morgan fingerprint density at radius 3 is 1.43 bits per heavy atom. The van der Waals surface area contributed by atoms with Gasteiger partial charge in [-0.05, 0) is 25.2 Å². The van der Waals surface area contributed by atoms with Gasteiger partial charge in [-0.3, -0.25) is 0 Å². The first kappa shape index (κ1) is 27.2. The molecule has 0 bridgehead atoms. The van der Waals surface area contributed by atoms with Gasteiger partial charge in [0.05, 0.1) is 0 Å². The van der Waals surface area contributed by atoms with Crippen LogP contribution < -0.4 is 0 Å². The molecule has 0 saturated carbocycles. The van der Waals surface area contributed by atoms with Crippen LogP contribution >= 0.6 is 0 Å². The molecule has 0 heterocycles. The molecule has 0 amide bonds. The highest BCUT2D eigenvalue weighted by Crippen LogP contribution is 2.27. The van der Waals surface area contributed by atoms with Crippen LogP contribution in [0.15, 0.2) is 12.2 Å². The normalized spacial score (nSPS) is 12.8. The monoisotopic (exact) mass is 394 g/mol. The summed E-state index contributed by atoms with van der Waals surface area (Å²) in [7, 11) is 0. The Morgan fingerprint density at radius 1 is 0.750 bits per heavy atom. The molecule has 0 aromatic rings. The van der Waals surface area contributed by atoms with Gasteiger partial charge in [0.25, 0.3) is 0 Å². The fourth-order valence-corrected chi connectivity index (χ4v) is 3.60. The number of carbonyl (C=O) groups excluding carboxylic acids is 1. The van der Waals surface area contributed by atoms with Gasteiger partial charge < -0.3 is 4.74 Å². The van der Waals surface area contributed by atoms with Crippen LogP contribution in [-0.2, 0) is 9.53 Å². The molecule has 0 aromatic carbocycles. The van der Waals surface area contributed by atoms with Crippen LogP contribution in [0.5, 0.6) is 0 Å². The summed E-state index contributed by atoms with van der Waals surface area (Å²) >= 11 is 0. The zero-order chi connectivity index (χ0) is 21.3. The van der Waals surface area contributed by atoms with Gasteiger partial charge in [0.1, 0.15) is 6.10 Å². The maximum atomic E-state index is 11.8. The number of hydrogen-bond donors (Lipinski definition) is 0. The van der Waals surface area contributed by atoms with Crippen molar-refractivity contribution in [3.8, 4) is 0 Å². The van der Waals surface area contributed by atoms with Crippen molar-refractivity contribution in [1.82, 2.24) is 0 Å². The zero-order valence-electron chi connectivity index (χ0n) is 19.9. The predicted molar refractivity (Wildman–Crippen MR) is 124 cm³/mol. The van der Waals surface area contributed by atoms with Gasteiger partial charge in [-0.2, -0.15) is 0 Å². The minimum absolute atomic E-state index is 0.0128. The van der Waals surface area contributed by atoms with Crippen molar-refractivity contribution in [1.29, 1.82) is 0 Å². The number of carbonyl (C=O) groups is 1. The van der Waals surface area contributed by atoms with Gasteiger partial charge in [0.15, 0.2) is 0 Å². The molecule has 0 aromatic heterocycles. The Bertz CT molecular complexity index is 392. The van der Waals surface area contributed by atoms with E-state index in [0.29, 0.717) is 5.57 Å². The first-order valence-electron chi connectivity index (χ1n) is 12.2. The Balaban J connectivity index is 3.56. The van der Waals surface area contributed by atoms with Crippen molar-refractivity contribution in [3.63, 3.8) is 0 Å². The summed E-state index contributed by atoms with van der Waals surface area (Å²) in [6, 6.07) is 0. The van der Waals surface area contributed by atoms with Gasteiger partial charge >= 0.3 is 5.97 Å². The third kappa shape index (κ3) is 16.2. The van der Waals surface area contributed by atoms with E-state index < -0.39 is 0 Å². The molecule has 0 aliphatic heterocycles. The Hall–Kier alpha value is -0.790. The van der Waals surface area contributed by atoms with E-state index >= 15 is 0 Å². The highest BCUT2D eigenvalue weighted by atomic mass is 16.5. The minimum Gasteiger partial charge on any atom is -0.458 e. The molecule has 0 radical (unpaired) electrons. The minimum atomic E-state index is -0.249. The van der Waals surface area contributed by atoms with E-state index in [1.807, 2.05) is 0 Å². The number of hydrogen-bond acceptors (Lipinski definition) is 2. The molecule has 0 aliphatic carbocycles. The lowest BCUT2D eigenvalue weighted by atomic mass is 9.85. The SMILES string of the molecule is C=C(C)C(=O)OC(CCCCCCCCCCCCCCCCC)C(C)(C)C. The van der Waals surface area contributed by atoms with E-state index in [4.69, 9.17) is 4.74 Å². The molecule has 0 spiro atoms. The number of esters is 1. The van der Waals surface area contributed by atoms with Crippen molar-refractivity contribution in [3.05, 3.63) is 12.2 Å². The van der Waals surface area contributed by atoms with E-state index in [2.05, 4.69) is 34.3 Å². The summed E-state index contributed by atoms with van der Waals surface area (Å²) in [5.74, 6) is -0.249. The molecule has 0 N–H and O–H groups in total. The summed E-state index contributed by atoms with van der Waals surface area (Å²) in [6.45, 7) is 14.1. The lowest BCUT2D eigenvalue weighted by Gasteiger charge is -2.30. The van der Waals surface area contributed by atoms with Gasteiger partial charge in [-0.1, -0.05) is 124 Å². The van der Waals surface area contributed by atoms with E-state index in [1.165, 1.54) is 89.9 Å². The highest BCUT2D eigenvalue weighted by molar-refractivity contribution is 5.87. The second-order valence-electron chi connectivity index (χ2n) is 9.78. The average molecular weight is 395 g/mol. The molecule has 28 heavy (non-hydrogen) atoms. The number of rotatable bonds is 18. The highest BCUT2D eigenvalue weighted by Gasteiger charge is 2.27. The van der Waals surface area contributed by atoms with Crippen LogP contribution in [0, 0.1) is 5.41 Å². The number of unbranched alkanes of at least 4 members (excludes halogenated alkanes) is 14. The van der Waals surface area contributed by atoms with Gasteiger partial charge in [0.2, 0.25) is 0 Å². The molecule has 166 valence electrons. The molecule has 2 nitrogen and oxygen atoms in total. The van der Waals surface area contributed by atoms with E-state index in [9.17, 15) is 4.79 Å². The van der Waals surface area contributed by atoms with Crippen LogP contribution in [0.3, 0.4) is 0 Å². The van der Waals surface area contributed by atoms with E-state index in [-0.39, 0.29) is 17.5 Å². The van der Waals surface area contributed by atoms with E-state index in [0.717, 1.165) is 12.8 Å². The molecule has 0 aliphatic rings. The Morgan fingerprint density at radius 2 is 1.11 bits per heavy atom. The zero-order valence-corrected chi connectivity index (χ0v) is 19.9. The van der Waals surface area contributed by atoms with Crippen molar-refractivity contribution in [2.24, 2.45) is 5.41 Å². The maximum Gasteiger partial charge on any atom is 0.333 e. The van der Waals surface area contributed by atoms with E-state index in [1.54, 1.807) is 6.92 Å². The van der Waals surface area contributed by atoms with Crippen LogP contribution in [0.1, 0.15) is 137 Å². The van der Waals surface area contributed by atoms with Crippen LogP contribution in [-0.4, -0.2) is 12.1 Å². The van der Waals surface area contributed by atoms with Crippen LogP contribution in [0.25, 0.3) is 0 Å². The van der Waals surface area contributed by atoms with Crippen molar-refractivity contribution in [2.45, 2.75) is 143 Å². The first-order valence-corrected chi connectivity index (χ1v) is 12.2. The molecule has 2 heteroatoms. The molecule has 0 fully saturated rings.